The molecular formula is C20H31N3O3S. The molecule has 1 unspecified atom stereocenters. The molecule has 2 fully saturated rings. The Kier molecular flexibility index (Phi) is 6.55. The number of piperidine rings is 1. The Hall–Kier alpha value is -1.44. The van der Waals surface area contributed by atoms with E-state index in [1.807, 2.05) is 4.90 Å². The summed E-state index contributed by atoms with van der Waals surface area (Å²) in [4.78, 5) is 17.7. The smallest absolute Gasteiger partial charge is 0.243 e. The van der Waals surface area contributed by atoms with Crippen LogP contribution < -0.4 is 0 Å². The summed E-state index contributed by atoms with van der Waals surface area (Å²) in [6.07, 6.45) is 2.31. The lowest BCUT2D eigenvalue weighted by Gasteiger charge is -2.40. The van der Waals surface area contributed by atoms with Gasteiger partial charge in [-0.15, -0.1) is 0 Å². The molecule has 0 spiro atoms. The first-order chi connectivity index (χ1) is 12.9. The van der Waals surface area contributed by atoms with Crippen molar-refractivity contribution in [1.82, 2.24) is 14.1 Å². The summed E-state index contributed by atoms with van der Waals surface area (Å²) < 4.78 is 27.6. The van der Waals surface area contributed by atoms with Crippen LogP contribution in [0.3, 0.4) is 0 Å². The lowest BCUT2D eigenvalue weighted by molar-refractivity contribution is -0.138. The van der Waals surface area contributed by atoms with Gasteiger partial charge in [-0.25, -0.2) is 8.42 Å². The van der Waals surface area contributed by atoms with Gasteiger partial charge in [0.15, 0.2) is 0 Å². The van der Waals surface area contributed by atoms with Crippen molar-refractivity contribution in [3.05, 3.63) is 30.3 Å². The van der Waals surface area contributed by atoms with E-state index in [0.29, 0.717) is 32.0 Å². The van der Waals surface area contributed by atoms with Gasteiger partial charge in [0.1, 0.15) is 6.04 Å². The number of piperazine rings is 1. The number of amides is 1. The maximum Gasteiger partial charge on any atom is 0.243 e. The molecule has 2 heterocycles. The van der Waals surface area contributed by atoms with Crippen LogP contribution in [-0.4, -0.2) is 73.7 Å². The second-order valence-corrected chi connectivity index (χ2v) is 9.85. The van der Waals surface area contributed by atoms with Crippen molar-refractivity contribution in [2.45, 2.75) is 44.0 Å². The van der Waals surface area contributed by atoms with Gasteiger partial charge in [0, 0.05) is 39.3 Å². The first-order valence-electron chi connectivity index (χ1n) is 9.97. The Balaban J connectivity index is 1.71. The fraction of sp³-hybridized carbons (Fsp3) is 0.650. The third kappa shape index (κ3) is 4.70. The number of hydrogen-bond donors (Lipinski definition) is 0. The summed E-state index contributed by atoms with van der Waals surface area (Å²) in [5.74, 6) is 0.579. The summed E-state index contributed by atoms with van der Waals surface area (Å²) in [6.45, 7) is 8.95. The maximum atomic E-state index is 13.2. The van der Waals surface area contributed by atoms with Crippen LogP contribution in [-0.2, 0) is 14.8 Å². The molecule has 0 aromatic heterocycles. The van der Waals surface area contributed by atoms with E-state index in [4.69, 9.17) is 0 Å². The van der Waals surface area contributed by atoms with Gasteiger partial charge >= 0.3 is 0 Å². The van der Waals surface area contributed by atoms with Gasteiger partial charge in [0.05, 0.1) is 4.90 Å². The minimum absolute atomic E-state index is 0.0293. The van der Waals surface area contributed by atoms with Crippen molar-refractivity contribution in [3.8, 4) is 0 Å². The first kappa shape index (κ1) is 20.3. The van der Waals surface area contributed by atoms with E-state index >= 15 is 0 Å². The van der Waals surface area contributed by atoms with Gasteiger partial charge in [-0.1, -0.05) is 38.5 Å². The Morgan fingerprint density at radius 1 is 1.04 bits per heavy atom. The molecule has 1 aromatic rings. The zero-order valence-electron chi connectivity index (χ0n) is 16.4. The first-order valence-corrected chi connectivity index (χ1v) is 11.4. The summed E-state index contributed by atoms with van der Waals surface area (Å²) in [5.41, 5.74) is 0. The van der Waals surface area contributed by atoms with Gasteiger partial charge in [0.2, 0.25) is 15.9 Å². The van der Waals surface area contributed by atoms with Crippen LogP contribution in [0.2, 0.25) is 0 Å². The molecule has 1 aromatic carbocycles. The highest BCUT2D eigenvalue weighted by atomic mass is 32.2. The maximum absolute atomic E-state index is 13.2. The van der Waals surface area contributed by atoms with Crippen LogP contribution in [0.25, 0.3) is 0 Å². The van der Waals surface area contributed by atoms with Crippen molar-refractivity contribution in [3.63, 3.8) is 0 Å². The van der Waals surface area contributed by atoms with Crippen molar-refractivity contribution in [2.75, 3.05) is 39.3 Å². The number of hydrogen-bond acceptors (Lipinski definition) is 4. The van der Waals surface area contributed by atoms with E-state index in [-0.39, 0.29) is 10.8 Å². The van der Waals surface area contributed by atoms with Gasteiger partial charge in [-0.05, 0) is 30.9 Å². The zero-order valence-corrected chi connectivity index (χ0v) is 17.2. The molecule has 7 heteroatoms. The molecule has 0 N–H and O–H groups in total. The molecule has 27 heavy (non-hydrogen) atoms. The van der Waals surface area contributed by atoms with Gasteiger partial charge in [-0.2, -0.15) is 4.31 Å². The molecule has 0 aliphatic carbocycles. The topological polar surface area (TPSA) is 60.9 Å². The highest BCUT2D eigenvalue weighted by Gasteiger charge is 2.39. The van der Waals surface area contributed by atoms with E-state index in [0.717, 1.165) is 32.5 Å². The largest absolute Gasteiger partial charge is 0.339 e. The van der Waals surface area contributed by atoms with E-state index in [9.17, 15) is 13.2 Å². The molecule has 1 amide bonds. The van der Waals surface area contributed by atoms with Crippen molar-refractivity contribution >= 4 is 15.9 Å². The summed E-state index contributed by atoms with van der Waals surface area (Å²) in [6, 6.07) is 7.89. The average molecular weight is 394 g/mol. The molecule has 2 saturated heterocycles. The quantitative estimate of drug-likeness (QED) is 0.768. The third-order valence-electron chi connectivity index (χ3n) is 5.40. The normalized spacial score (nSPS) is 22.9. The van der Waals surface area contributed by atoms with Crippen molar-refractivity contribution in [1.29, 1.82) is 0 Å². The SMILES string of the molecule is CC(C)CN1CCN(C(=O)C2CCCCN2S(=O)(=O)c2ccccc2)CC1. The van der Waals surface area contributed by atoms with Gasteiger partial charge in [0.25, 0.3) is 0 Å². The Labute approximate surface area is 163 Å². The van der Waals surface area contributed by atoms with E-state index < -0.39 is 16.1 Å². The molecule has 0 radical (unpaired) electrons. The number of sulfonamides is 1. The number of nitrogens with zero attached hydrogens (tertiary/aromatic N) is 3. The van der Waals surface area contributed by atoms with Gasteiger partial charge in [-0.3, -0.25) is 9.69 Å². The fourth-order valence-electron chi connectivity index (χ4n) is 4.05. The number of rotatable bonds is 5. The van der Waals surface area contributed by atoms with Crippen molar-refractivity contribution < 1.29 is 13.2 Å². The summed E-state index contributed by atoms with van der Waals surface area (Å²) >= 11 is 0. The van der Waals surface area contributed by atoms with E-state index in [1.54, 1.807) is 30.3 Å². The highest BCUT2D eigenvalue weighted by Crippen LogP contribution is 2.27. The molecule has 0 saturated carbocycles. The predicted octanol–water partition coefficient (Wildman–Crippen LogP) is 2.03. The second-order valence-electron chi connectivity index (χ2n) is 7.96. The molecule has 3 rings (SSSR count). The molecule has 150 valence electrons. The monoisotopic (exact) mass is 393 g/mol. The lowest BCUT2D eigenvalue weighted by Crippen LogP contribution is -2.57. The Bertz CT molecular complexity index is 728. The number of carbonyl (C=O) groups excluding carboxylic acids is 1. The molecule has 0 bridgehead atoms. The molecule has 1 atom stereocenters. The average Bonchev–Trinajstić information content (AvgIpc) is 2.68. The standard InChI is InChI=1S/C20H31N3O3S/c1-17(2)16-21-12-14-22(15-13-21)20(24)19-10-6-7-11-23(19)27(25,26)18-8-4-3-5-9-18/h3-5,8-9,17,19H,6-7,10-16H2,1-2H3. The van der Waals surface area contributed by atoms with Crippen LogP contribution in [0.1, 0.15) is 33.1 Å². The van der Waals surface area contributed by atoms with Crippen LogP contribution in [0.5, 0.6) is 0 Å². The zero-order chi connectivity index (χ0) is 19.4. The number of benzene rings is 1. The van der Waals surface area contributed by atoms with Gasteiger partial charge < -0.3 is 4.90 Å². The van der Waals surface area contributed by atoms with Crippen LogP contribution >= 0.6 is 0 Å². The van der Waals surface area contributed by atoms with Crippen LogP contribution in [0.4, 0.5) is 0 Å². The molecule has 2 aliphatic heterocycles. The molecule has 6 nitrogen and oxygen atoms in total. The van der Waals surface area contributed by atoms with E-state index in [1.165, 1.54) is 4.31 Å². The summed E-state index contributed by atoms with van der Waals surface area (Å²) in [7, 11) is -3.65. The second kappa shape index (κ2) is 8.71. The van der Waals surface area contributed by atoms with E-state index in [2.05, 4.69) is 18.7 Å². The Morgan fingerprint density at radius 2 is 1.70 bits per heavy atom. The molecular weight excluding hydrogens is 362 g/mol. The predicted molar refractivity (Wildman–Crippen MR) is 106 cm³/mol. The fourth-order valence-corrected chi connectivity index (χ4v) is 5.72. The van der Waals surface area contributed by atoms with Crippen molar-refractivity contribution in [2.24, 2.45) is 5.92 Å². The number of carbonyl (C=O) groups is 1. The summed E-state index contributed by atoms with van der Waals surface area (Å²) in [5, 5.41) is 0. The third-order valence-corrected chi connectivity index (χ3v) is 7.32. The van der Waals surface area contributed by atoms with Crippen LogP contribution in [0.15, 0.2) is 35.2 Å². The lowest BCUT2D eigenvalue weighted by atomic mass is 10.0. The minimum Gasteiger partial charge on any atom is -0.339 e. The Morgan fingerprint density at radius 3 is 2.33 bits per heavy atom. The van der Waals surface area contributed by atoms with Crippen LogP contribution in [0, 0.1) is 5.92 Å². The minimum atomic E-state index is -3.65. The highest BCUT2D eigenvalue weighted by molar-refractivity contribution is 7.89. The molecule has 2 aliphatic rings.